The average Bonchev–Trinajstić information content (AvgIpc) is 3.43. The Hall–Kier alpha value is -4.85. The van der Waals surface area contributed by atoms with Crippen LogP contribution in [-0.4, -0.2) is 120 Å². The first-order valence-corrected chi connectivity index (χ1v) is 18.9. The van der Waals surface area contributed by atoms with Crippen LogP contribution in [0.1, 0.15) is 68.6 Å². The minimum atomic E-state index is -1.14. The zero-order chi connectivity index (χ0) is 39.7. The number of carboxylic acid groups (broad SMARTS) is 1. The van der Waals surface area contributed by atoms with Gasteiger partial charge in [-0.1, -0.05) is 24.3 Å². The molecule has 13 heteroatoms. The maximum absolute atomic E-state index is 14.7. The number of halogens is 1. The largest absolute Gasteiger partial charge is 0.478 e. The molecule has 55 heavy (non-hydrogen) atoms. The molecule has 0 saturated carbocycles. The van der Waals surface area contributed by atoms with E-state index in [0.29, 0.717) is 56.2 Å². The van der Waals surface area contributed by atoms with Crippen LogP contribution >= 0.6 is 0 Å². The molecule has 2 N–H and O–H groups in total. The zero-order valence-electron chi connectivity index (χ0n) is 32.5. The maximum atomic E-state index is 14.7. The molecule has 2 unspecified atom stereocenters. The molecule has 0 aromatic heterocycles. The van der Waals surface area contributed by atoms with Crippen molar-refractivity contribution in [1.82, 2.24) is 14.7 Å². The standard InChI is InChI=1S/C42H52FN5O7/c1-27-21-46(34(22-45-17-18-54-25-28(45)2)23-47(27)40(53)55-41(3,4)5)24-37(49)48-26-42(6,39(52)44-33-14-10-31(11-15-33)38(50)51)35-16-9-30(20-36(35)48)19-29-7-12-32(43)13-8-29/h7-16,20,27-28,34H,17-19,21-26H2,1-6H3,(H,44,52)(H,50,51)/t27-,28?,34+,42?/m1/s1. The van der Waals surface area contributed by atoms with Crippen LogP contribution in [-0.2, 0) is 30.9 Å². The van der Waals surface area contributed by atoms with Crippen LogP contribution in [0.2, 0.25) is 0 Å². The van der Waals surface area contributed by atoms with Crippen LogP contribution in [0.4, 0.5) is 20.6 Å². The van der Waals surface area contributed by atoms with E-state index in [0.717, 1.165) is 17.7 Å². The summed E-state index contributed by atoms with van der Waals surface area (Å²) in [4.78, 5) is 61.6. The van der Waals surface area contributed by atoms with E-state index in [1.165, 1.54) is 24.3 Å². The van der Waals surface area contributed by atoms with Crippen molar-refractivity contribution in [2.24, 2.45) is 0 Å². The smallest absolute Gasteiger partial charge is 0.410 e. The summed E-state index contributed by atoms with van der Waals surface area (Å²) in [7, 11) is 0. The van der Waals surface area contributed by atoms with Crippen molar-refractivity contribution in [3.05, 3.63) is 94.8 Å². The van der Waals surface area contributed by atoms with Crippen molar-refractivity contribution in [1.29, 1.82) is 0 Å². The van der Waals surface area contributed by atoms with Crippen molar-refractivity contribution in [2.75, 3.05) is 62.7 Å². The molecule has 3 heterocycles. The molecule has 3 aliphatic rings. The molecular formula is C42H52FN5O7. The fourth-order valence-corrected chi connectivity index (χ4v) is 7.70. The fraction of sp³-hybridized carbons (Fsp3) is 0.476. The number of aromatic carboxylic acids is 1. The van der Waals surface area contributed by atoms with Gasteiger partial charge < -0.3 is 29.7 Å². The van der Waals surface area contributed by atoms with Gasteiger partial charge in [0.1, 0.15) is 11.4 Å². The average molecular weight is 758 g/mol. The Bertz CT molecular complexity index is 1900. The van der Waals surface area contributed by atoms with Gasteiger partial charge in [-0.15, -0.1) is 0 Å². The molecule has 6 rings (SSSR count). The van der Waals surface area contributed by atoms with Crippen LogP contribution in [0, 0.1) is 5.82 Å². The lowest BCUT2D eigenvalue weighted by atomic mass is 9.83. The Labute approximate surface area is 322 Å². The van der Waals surface area contributed by atoms with Crippen LogP contribution < -0.4 is 10.2 Å². The molecule has 12 nitrogen and oxygen atoms in total. The second kappa shape index (κ2) is 16.1. The van der Waals surface area contributed by atoms with E-state index in [2.05, 4.69) is 22.0 Å². The molecule has 3 aliphatic heterocycles. The van der Waals surface area contributed by atoms with Gasteiger partial charge in [-0.25, -0.2) is 14.0 Å². The molecule has 0 aliphatic carbocycles. The molecule has 294 valence electrons. The molecular weight excluding hydrogens is 705 g/mol. The second-order valence-electron chi connectivity index (χ2n) is 16.3. The topological polar surface area (TPSA) is 132 Å². The molecule has 2 fully saturated rings. The normalized spacial score (nSPS) is 23.3. The maximum Gasteiger partial charge on any atom is 0.410 e. The van der Waals surface area contributed by atoms with Crippen molar-refractivity contribution < 1.29 is 38.1 Å². The number of amides is 3. The van der Waals surface area contributed by atoms with Crippen LogP contribution in [0.15, 0.2) is 66.7 Å². The predicted octanol–water partition coefficient (Wildman–Crippen LogP) is 5.39. The number of carbonyl (C=O) groups excluding carboxylic acids is 3. The minimum Gasteiger partial charge on any atom is -0.478 e. The number of nitrogens with one attached hydrogen (secondary N) is 1. The Morgan fingerprint density at radius 3 is 2.29 bits per heavy atom. The molecule has 3 amide bonds. The first-order valence-electron chi connectivity index (χ1n) is 18.9. The van der Waals surface area contributed by atoms with E-state index in [-0.39, 0.29) is 60.5 Å². The van der Waals surface area contributed by atoms with Crippen molar-refractivity contribution in [3.8, 4) is 0 Å². The van der Waals surface area contributed by atoms with E-state index in [1.54, 1.807) is 34.1 Å². The molecule has 3 aromatic rings. The Morgan fingerprint density at radius 2 is 1.64 bits per heavy atom. The number of carboxylic acids is 1. The summed E-state index contributed by atoms with van der Waals surface area (Å²) in [6.45, 7) is 15.0. The van der Waals surface area contributed by atoms with Gasteiger partial charge in [0.2, 0.25) is 11.8 Å². The number of piperazine rings is 1. The van der Waals surface area contributed by atoms with Crippen molar-refractivity contribution in [2.45, 2.75) is 77.1 Å². The number of morpholine rings is 1. The molecule has 2 saturated heterocycles. The van der Waals surface area contributed by atoms with Crippen LogP contribution in [0.25, 0.3) is 0 Å². The zero-order valence-corrected chi connectivity index (χ0v) is 32.5. The van der Waals surface area contributed by atoms with Crippen molar-refractivity contribution in [3.63, 3.8) is 0 Å². The highest BCUT2D eigenvalue weighted by Crippen LogP contribution is 2.43. The third kappa shape index (κ3) is 9.17. The summed E-state index contributed by atoms with van der Waals surface area (Å²) in [5, 5.41) is 12.3. The van der Waals surface area contributed by atoms with Gasteiger partial charge in [0, 0.05) is 62.2 Å². The first kappa shape index (κ1) is 39.8. The highest BCUT2D eigenvalue weighted by Gasteiger charge is 2.48. The minimum absolute atomic E-state index is 0.0614. The Kier molecular flexibility index (Phi) is 11.7. The number of hydrogen-bond acceptors (Lipinski definition) is 8. The van der Waals surface area contributed by atoms with Gasteiger partial charge in [-0.2, -0.15) is 0 Å². The van der Waals surface area contributed by atoms with Gasteiger partial charge >= 0.3 is 12.1 Å². The number of anilines is 2. The lowest BCUT2D eigenvalue weighted by Crippen LogP contribution is -2.64. The number of carbonyl (C=O) groups is 4. The van der Waals surface area contributed by atoms with Gasteiger partial charge in [0.15, 0.2) is 0 Å². The summed E-state index contributed by atoms with van der Waals surface area (Å²) in [6, 6.07) is 17.8. The number of nitrogens with zero attached hydrogens (tertiary/aromatic N) is 4. The molecule has 3 aromatic carbocycles. The van der Waals surface area contributed by atoms with E-state index >= 15 is 0 Å². The summed E-state index contributed by atoms with van der Waals surface area (Å²) in [5.74, 6) is -1.91. The van der Waals surface area contributed by atoms with E-state index < -0.39 is 17.0 Å². The number of hydrogen-bond donors (Lipinski definition) is 2. The summed E-state index contributed by atoms with van der Waals surface area (Å²) >= 11 is 0. The van der Waals surface area contributed by atoms with Crippen LogP contribution in [0.3, 0.4) is 0 Å². The SMILES string of the molecule is CC1COCCN1C[C@H]1CN(C(=O)OC(C)(C)C)[C@H](C)CN1CC(=O)N1CC(C)(C(=O)Nc2ccc(C(=O)O)cc2)c2ccc(Cc3ccc(F)cc3)cc21. The van der Waals surface area contributed by atoms with Gasteiger partial charge in [0.05, 0.1) is 30.7 Å². The Balaban J connectivity index is 1.29. The lowest BCUT2D eigenvalue weighted by Gasteiger charge is -2.47. The summed E-state index contributed by atoms with van der Waals surface area (Å²) in [6.07, 6.45) is 0.116. The van der Waals surface area contributed by atoms with E-state index in [1.807, 2.05) is 52.8 Å². The summed E-state index contributed by atoms with van der Waals surface area (Å²) < 4.78 is 25.2. The highest BCUT2D eigenvalue weighted by molar-refractivity contribution is 6.07. The second-order valence-corrected chi connectivity index (χ2v) is 16.3. The first-order chi connectivity index (χ1) is 26.0. The van der Waals surface area contributed by atoms with Gasteiger partial charge in [-0.3, -0.25) is 19.4 Å². The predicted molar refractivity (Wildman–Crippen MR) is 207 cm³/mol. The Morgan fingerprint density at radius 1 is 0.945 bits per heavy atom. The van der Waals surface area contributed by atoms with E-state index in [9.17, 15) is 28.7 Å². The number of rotatable bonds is 9. The third-order valence-electron chi connectivity index (χ3n) is 10.8. The quantitative estimate of drug-likeness (QED) is 0.295. The number of fused-ring (bicyclic) bond motifs is 1. The lowest BCUT2D eigenvalue weighted by molar-refractivity contribution is -0.122. The molecule has 0 bridgehead atoms. The third-order valence-corrected chi connectivity index (χ3v) is 10.8. The molecule has 4 atom stereocenters. The monoisotopic (exact) mass is 757 g/mol. The van der Waals surface area contributed by atoms with E-state index in [4.69, 9.17) is 9.47 Å². The number of benzene rings is 3. The van der Waals surface area contributed by atoms with Gasteiger partial charge in [-0.05, 0) is 107 Å². The fourth-order valence-electron chi connectivity index (χ4n) is 7.70. The summed E-state index contributed by atoms with van der Waals surface area (Å²) in [5.41, 5.74) is 1.85. The van der Waals surface area contributed by atoms with Crippen molar-refractivity contribution >= 4 is 35.3 Å². The highest BCUT2D eigenvalue weighted by atomic mass is 19.1. The molecule has 0 spiro atoms. The molecule has 0 radical (unpaired) electrons. The van der Waals surface area contributed by atoms with Gasteiger partial charge in [0.25, 0.3) is 0 Å². The number of ether oxygens (including phenoxy) is 2. The van der Waals surface area contributed by atoms with Crippen LogP contribution in [0.5, 0.6) is 0 Å².